The fourth-order valence-corrected chi connectivity index (χ4v) is 2.22. The van der Waals surface area contributed by atoms with Crippen LogP contribution in [-0.2, 0) is 11.2 Å². The van der Waals surface area contributed by atoms with Crippen LogP contribution in [0.1, 0.15) is 5.56 Å². The number of phenolic OH excluding ortho intramolecular Hbond substituents is 1. The van der Waals surface area contributed by atoms with E-state index >= 15 is 0 Å². The summed E-state index contributed by atoms with van der Waals surface area (Å²) >= 11 is 7.30. The topological polar surface area (TPSA) is 49.3 Å². The molecular weight excluding hydrogens is 258 g/mol. The maximum atomic E-state index is 11.7. The van der Waals surface area contributed by atoms with E-state index in [4.69, 9.17) is 11.6 Å². The van der Waals surface area contributed by atoms with Crippen LogP contribution >= 0.6 is 22.9 Å². The number of nitrogens with one attached hydrogen (secondary N) is 1. The van der Waals surface area contributed by atoms with Crippen molar-refractivity contribution in [3.05, 3.63) is 45.6 Å². The summed E-state index contributed by atoms with van der Waals surface area (Å²) in [6.45, 7) is 0. The van der Waals surface area contributed by atoms with Gasteiger partial charge in [0, 0.05) is 5.69 Å². The van der Waals surface area contributed by atoms with Crippen molar-refractivity contribution in [2.45, 2.75) is 6.42 Å². The summed E-state index contributed by atoms with van der Waals surface area (Å²) in [5, 5.41) is 16.0. The number of amides is 1. The predicted molar refractivity (Wildman–Crippen MR) is 69.8 cm³/mol. The number of aromatic hydroxyl groups is 1. The lowest BCUT2D eigenvalue weighted by Crippen LogP contribution is -2.13. The van der Waals surface area contributed by atoms with E-state index in [9.17, 15) is 9.90 Å². The van der Waals surface area contributed by atoms with Gasteiger partial charge in [-0.2, -0.15) is 11.3 Å². The van der Waals surface area contributed by atoms with Crippen LogP contribution in [0, 0.1) is 0 Å². The number of thiophene rings is 1. The highest BCUT2D eigenvalue weighted by Crippen LogP contribution is 2.26. The fourth-order valence-electron chi connectivity index (χ4n) is 1.37. The Morgan fingerprint density at radius 1 is 1.41 bits per heavy atom. The van der Waals surface area contributed by atoms with E-state index < -0.39 is 0 Å². The fraction of sp³-hybridized carbons (Fsp3) is 0.0833. The van der Waals surface area contributed by atoms with Gasteiger partial charge in [0.1, 0.15) is 5.75 Å². The monoisotopic (exact) mass is 267 g/mol. The van der Waals surface area contributed by atoms with E-state index in [1.54, 1.807) is 17.4 Å². The summed E-state index contributed by atoms with van der Waals surface area (Å²) in [7, 11) is 0. The summed E-state index contributed by atoms with van der Waals surface area (Å²) in [6.07, 6.45) is 0.335. The van der Waals surface area contributed by atoms with Gasteiger partial charge in [-0.15, -0.1) is 0 Å². The van der Waals surface area contributed by atoms with E-state index in [2.05, 4.69) is 5.32 Å². The molecule has 2 rings (SSSR count). The molecule has 2 N–H and O–H groups in total. The van der Waals surface area contributed by atoms with Crippen LogP contribution in [-0.4, -0.2) is 11.0 Å². The van der Waals surface area contributed by atoms with E-state index in [0.29, 0.717) is 12.1 Å². The molecule has 17 heavy (non-hydrogen) atoms. The molecule has 88 valence electrons. The first-order valence-corrected chi connectivity index (χ1v) is 6.26. The highest BCUT2D eigenvalue weighted by Gasteiger charge is 2.06. The highest BCUT2D eigenvalue weighted by atomic mass is 35.5. The number of phenols is 1. The van der Waals surface area contributed by atoms with Crippen LogP contribution in [0.15, 0.2) is 35.0 Å². The lowest BCUT2D eigenvalue weighted by atomic mass is 10.2. The number of hydrogen-bond acceptors (Lipinski definition) is 3. The van der Waals surface area contributed by atoms with Crippen molar-refractivity contribution in [3.63, 3.8) is 0 Å². The van der Waals surface area contributed by atoms with Crippen molar-refractivity contribution >= 4 is 34.5 Å². The molecule has 0 aliphatic rings. The molecule has 0 spiro atoms. The zero-order valence-electron chi connectivity index (χ0n) is 8.81. The number of anilines is 1. The van der Waals surface area contributed by atoms with Gasteiger partial charge in [0.25, 0.3) is 0 Å². The number of hydrogen-bond donors (Lipinski definition) is 2. The smallest absolute Gasteiger partial charge is 0.228 e. The number of carbonyl (C=O) groups is 1. The maximum Gasteiger partial charge on any atom is 0.228 e. The molecule has 0 bridgehead atoms. The molecule has 5 heteroatoms. The summed E-state index contributed by atoms with van der Waals surface area (Å²) in [5.74, 6) is -0.104. The number of halogens is 1. The molecule has 0 aliphatic heterocycles. The quantitative estimate of drug-likeness (QED) is 0.839. The molecule has 0 unspecified atom stereocenters. The van der Waals surface area contributed by atoms with Gasteiger partial charge >= 0.3 is 0 Å². The SMILES string of the molecule is O=C(Cc1ccsc1)Nc1ccc(O)c(Cl)c1. The molecule has 1 heterocycles. The van der Waals surface area contributed by atoms with E-state index in [0.717, 1.165) is 5.56 Å². The van der Waals surface area contributed by atoms with Gasteiger partial charge in [0.05, 0.1) is 11.4 Å². The van der Waals surface area contributed by atoms with E-state index in [1.165, 1.54) is 12.1 Å². The molecule has 3 nitrogen and oxygen atoms in total. The first kappa shape index (κ1) is 12.0. The Morgan fingerprint density at radius 2 is 2.24 bits per heavy atom. The van der Waals surface area contributed by atoms with Crippen LogP contribution in [0.4, 0.5) is 5.69 Å². The minimum absolute atomic E-state index is 0.00232. The molecule has 1 aromatic heterocycles. The van der Waals surface area contributed by atoms with Gasteiger partial charge in [-0.25, -0.2) is 0 Å². The zero-order chi connectivity index (χ0) is 12.3. The third kappa shape index (κ3) is 3.22. The second-order valence-corrected chi connectivity index (χ2v) is 4.71. The molecule has 0 aliphatic carbocycles. The number of benzene rings is 1. The van der Waals surface area contributed by atoms with Crippen LogP contribution in [0.5, 0.6) is 5.75 Å². The summed E-state index contributed by atoms with van der Waals surface area (Å²) in [5.41, 5.74) is 1.56. The number of carbonyl (C=O) groups excluding carboxylic acids is 1. The Kier molecular flexibility index (Phi) is 3.66. The van der Waals surface area contributed by atoms with Crippen LogP contribution < -0.4 is 5.32 Å². The normalized spacial score (nSPS) is 10.2. The lowest BCUT2D eigenvalue weighted by molar-refractivity contribution is -0.115. The molecule has 1 amide bonds. The largest absolute Gasteiger partial charge is 0.506 e. The molecule has 0 saturated heterocycles. The Balaban J connectivity index is 2.00. The molecular formula is C12H10ClNO2S. The Hall–Kier alpha value is -1.52. The molecule has 1 aromatic carbocycles. The average Bonchev–Trinajstić information content (AvgIpc) is 2.76. The van der Waals surface area contributed by atoms with Crippen molar-refractivity contribution in [1.82, 2.24) is 0 Å². The summed E-state index contributed by atoms with van der Waals surface area (Å²) < 4.78 is 0. The van der Waals surface area contributed by atoms with E-state index in [-0.39, 0.29) is 16.7 Å². The third-order valence-electron chi connectivity index (χ3n) is 2.18. The van der Waals surface area contributed by atoms with Crippen molar-refractivity contribution in [2.24, 2.45) is 0 Å². The van der Waals surface area contributed by atoms with Crippen LogP contribution in [0.3, 0.4) is 0 Å². The lowest BCUT2D eigenvalue weighted by Gasteiger charge is -2.05. The zero-order valence-corrected chi connectivity index (χ0v) is 10.4. The Morgan fingerprint density at radius 3 is 2.88 bits per heavy atom. The first-order chi connectivity index (χ1) is 8.15. The molecule has 2 aromatic rings. The third-order valence-corrected chi connectivity index (χ3v) is 3.21. The minimum Gasteiger partial charge on any atom is -0.506 e. The summed E-state index contributed by atoms with van der Waals surface area (Å²) in [4.78, 5) is 11.7. The second-order valence-electron chi connectivity index (χ2n) is 3.52. The molecule has 0 saturated carbocycles. The summed E-state index contributed by atoms with van der Waals surface area (Å²) in [6, 6.07) is 6.48. The molecule has 0 radical (unpaired) electrons. The van der Waals surface area contributed by atoms with Gasteiger partial charge in [-0.1, -0.05) is 11.6 Å². The Labute approximate surface area is 108 Å². The molecule has 0 atom stereocenters. The number of rotatable bonds is 3. The van der Waals surface area contributed by atoms with Crippen molar-refractivity contribution in [1.29, 1.82) is 0 Å². The van der Waals surface area contributed by atoms with Gasteiger partial charge in [0.2, 0.25) is 5.91 Å². The van der Waals surface area contributed by atoms with Crippen molar-refractivity contribution in [3.8, 4) is 5.75 Å². The van der Waals surface area contributed by atoms with Crippen LogP contribution in [0.2, 0.25) is 5.02 Å². The van der Waals surface area contributed by atoms with Crippen LogP contribution in [0.25, 0.3) is 0 Å². The van der Waals surface area contributed by atoms with Crippen molar-refractivity contribution < 1.29 is 9.90 Å². The van der Waals surface area contributed by atoms with Crippen molar-refractivity contribution in [2.75, 3.05) is 5.32 Å². The standard InChI is InChI=1S/C12H10ClNO2S/c13-10-6-9(1-2-11(10)15)14-12(16)5-8-3-4-17-7-8/h1-4,6-7,15H,5H2,(H,14,16). The average molecular weight is 268 g/mol. The first-order valence-electron chi connectivity index (χ1n) is 4.94. The Bertz CT molecular complexity index is 525. The minimum atomic E-state index is -0.106. The van der Waals surface area contributed by atoms with Gasteiger partial charge in [0.15, 0.2) is 0 Å². The molecule has 0 fully saturated rings. The second kappa shape index (κ2) is 5.21. The predicted octanol–water partition coefficient (Wildman–Crippen LogP) is 3.29. The van der Waals surface area contributed by atoms with Gasteiger partial charge in [-0.3, -0.25) is 4.79 Å². The van der Waals surface area contributed by atoms with E-state index in [1.807, 2.05) is 16.8 Å². The highest BCUT2D eigenvalue weighted by molar-refractivity contribution is 7.08. The maximum absolute atomic E-state index is 11.7. The van der Waals surface area contributed by atoms with Gasteiger partial charge in [-0.05, 0) is 40.6 Å². The van der Waals surface area contributed by atoms with Gasteiger partial charge < -0.3 is 10.4 Å².